The van der Waals surface area contributed by atoms with E-state index in [9.17, 15) is 4.79 Å². The molecule has 0 unspecified atom stereocenters. The van der Waals surface area contributed by atoms with Crippen LogP contribution in [0.2, 0.25) is 0 Å². The molecule has 1 rings (SSSR count). The Morgan fingerprint density at radius 2 is 2.11 bits per heavy atom. The van der Waals surface area contributed by atoms with Crippen LogP contribution >= 0.6 is 0 Å². The van der Waals surface area contributed by atoms with E-state index >= 15 is 0 Å². The zero-order valence-electron chi connectivity index (χ0n) is 10.4. The number of aliphatic carboxylic acids is 1. The van der Waals surface area contributed by atoms with Gasteiger partial charge in [-0.15, -0.1) is 0 Å². The van der Waals surface area contributed by atoms with E-state index < -0.39 is 5.97 Å². The molecule has 1 N–H and O–H groups in total. The number of methoxy groups -OCH3 is 2. The van der Waals surface area contributed by atoms with Crippen LogP contribution in [0.4, 0.5) is 0 Å². The van der Waals surface area contributed by atoms with E-state index in [2.05, 4.69) is 0 Å². The van der Waals surface area contributed by atoms with Crippen LogP contribution in [-0.2, 0) is 11.2 Å². The molecule has 0 amide bonds. The highest BCUT2D eigenvalue weighted by atomic mass is 16.5. The summed E-state index contributed by atoms with van der Waals surface area (Å²) in [6.07, 6.45) is 1.22. The average Bonchev–Trinajstić information content (AvgIpc) is 2.36. The minimum absolute atomic E-state index is 0.107. The van der Waals surface area contributed by atoms with Gasteiger partial charge in [0, 0.05) is 6.42 Å². The summed E-state index contributed by atoms with van der Waals surface area (Å²) in [6, 6.07) is 5.50. The maximum absolute atomic E-state index is 10.4. The predicted octanol–water partition coefficient (Wildman–Crippen LogP) is 1.98. The number of benzene rings is 1. The van der Waals surface area contributed by atoms with Crippen LogP contribution in [0, 0.1) is 11.3 Å². The molecule has 18 heavy (non-hydrogen) atoms. The summed E-state index contributed by atoms with van der Waals surface area (Å²) in [7, 11) is 2.98. The van der Waals surface area contributed by atoms with Crippen molar-refractivity contribution >= 4 is 5.97 Å². The summed E-state index contributed by atoms with van der Waals surface area (Å²) in [5.74, 6) is 0.0693. The second-order valence-electron chi connectivity index (χ2n) is 3.74. The molecule has 0 radical (unpaired) electrons. The molecule has 5 nitrogen and oxygen atoms in total. The Morgan fingerprint density at radius 3 is 2.61 bits per heavy atom. The molecule has 5 heteroatoms. The van der Waals surface area contributed by atoms with Crippen molar-refractivity contribution in [3.05, 3.63) is 23.3 Å². The van der Waals surface area contributed by atoms with Crippen LogP contribution in [0.25, 0.3) is 0 Å². The molecule has 0 aliphatic carbocycles. The lowest BCUT2D eigenvalue weighted by Gasteiger charge is -2.11. The number of carbonyl (C=O) groups is 1. The quantitative estimate of drug-likeness (QED) is 0.833. The van der Waals surface area contributed by atoms with Gasteiger partial charge in [-0.2, -0.15) is 5.26 Å². The number of aryl methyl sites for hydroxylation is 1. The number of carboxylic acid groups (broad SMARTS) is 1. The number of rotatable bonds is 6. The van der Waals surface area contributed by atoms with Gasteiger partial charge < -0.3 is 14.6 Å². The Kier molecular flexibility index (Phi) is 5.00. The molecule has 0 atom stereocenters. The van der Waals surface area contributed by atoms with Gasteiger partial charge in [0.25, 0.3) is 0 Å². The molecule has 0 heterocycles. The number of hydrogen-bond donors (Lipinski definition) is 1. The summed E-state index contributed by atoms with van der Waals surface area (Å²) in [4.78, 5) is 10.4. The van der Waals surface area contributed by atoms with E-state index in [4.69, 9.17) is 19.8 Å². The van der Waals surface area contributed by atoms with Gasteiger partial charge in [0.2, 0.25) is 0 Å². The fraction of sp³-hybridized carbons (Fsp3) is 0.385. The first-order valence-electron chi connectivity index (χ1n) is 5.49. The van der Waals surface area contributed by atoms with Crippen molar-refractivity contribution in [2.24, 2.45) is 0 Å². The zero-order chi connectivity index (χ0) is 13.5. The molecule has 0 aliphatic heterocycles. The second kappa shape index (κ2) is 6.50. The maximum Gasteiger partial charge on any atom is 0.303 e. The van der Waals surface area contributed by atoms with Crippen LogP contribution in [0.5, 0.6) is 11.5 Å². The number of nitriles is 1. The fourth-order valence-electron chi connectivity index (χ4n) is 1.69. The van der Waals surface area contributed by atoms with Crippen LogP contribution in [0.1, 0.15) is 24.0 Å². The normalized spacial score (nSPS) is 9.61. The highest BCUT2D eigenvalue weighted by molar-refractivity contribution is 5.66. The van der Waals surface area contributed by atoms with Gasteiger partial charge in [0.05, 0.1) is 19.8 Å². The van der Waals surface area contributed by atoms with Gasteiger partial charge in [-0.1, -0.05) is 0 Å². The van der Waals surface area contributed by atoms with E-state index in [-0.39, 0.29) is 6.42 Å². The van der Waals surface area contributed by atoms with Crippen molar-refractivity contribution in [2.75, 3.05) is 14.2 Å². The summed E-state index contributed by atoms with van der Waals surface area (Å²) in [6.45, 7) is 0. The minimum Gasteiger partial charge on any atom is -0.493 e. The maximum atomic E-state index is 10.4. The van der Waals surface area contributed by atoms with Crippen molar-refractivity contribution in [3.8, 4) is 17.6 Å². The number of hydrogen-bond acceptors (Lipinski definition) is 4. The number of nitrogens with zero attached hydrogens (tertiary/aromatic N) is 1. The Hall–Kier alpha value is -2.22. The summed E-state index contributed by atoms with van der Waals surface area (Å²) in [5, 5.41) is 17.6. The third-order valence-corrected chi connectivity index (χ3v) is 2.52. The lowest BCUT2D eigenvalue weighted by atomic mass is 10.0. The molecular formula is C13H15NO4. The van der Waals surface area contributed by atoms with E-state index in [1.807, 2.05) is 6.07 Å². The molecule has 0 saturated carbocycles. The first kappa shape index (κ1) is 13.8. The van der Waals surface area contributed by atoms with Gasteiger partial charge in [-0.05, 0) is 30.5 Å². The standard InChI is InChI=1S/C13H15NO4/c1-17-11-7-9(4-3-5-12(15)16)6-10(8-14)13(11)18-2/h6-7H,3-5H2,1-2H3,(H,15,16). The Labute approximate surface area is 106 Å². The highest BCUT2D eigenvalue weighted by Crippen LogP contribution is 2.32. The molecule has 0 fully saturated rings. The van der Waals surface area contributed by atoms with Crippen molar-refractivity contribution in [1.29, 1.82) is 5.26 Å². The molecule has 0 aliphatic rings. The third-order valence-electron chi connectivity index (χ3n) is 2.52. The second-order valence-corrected chi connectivity index (χ2v) is 3.74. The molecule has 0 spiro atoms. The lowest BCUT2D eigenvalue weighted by molar-refractivity contribution is -0.137. The largest absolute Gasteiger partial charge is 0.493 e. The molecule has 0 saturated heterocycles. The molecular weight excluding hydrogens is 234 g/mol. The van der Waals surface area contributed by atoms with E-state index in [1.165, 1.54) is 14.2 Å². The minimum atomic E-state index is -0.823. The predicted molar refractivity (Wildman–Crippen MR) is 64.8 cm³/mol. The average molecular weight is 249 g/mol. The Bertz CT molecular complexity index is 477. The number of ether oxygens (including phenoxy) is 2. The van der Waals surface area contributed by atoms with Crippen LogP contribution in [0.15, 0.2) is 12.1 Å². The smallest absolute Gasteiger partial charge is 0.303 e. The van der Waals surface area contributed by atoms with Gasteiger partial charge >= 0.3 is 5.97 Å². The first-order valence-corrected chi connectivity index (χ1v) is 5.49. The molecule has 0 bridgehead atoms. The van der Waals surface area contributed by atoms with Gasteiger partial charge in [0.1, 0.15) is 6.07 Å². The molecule has 1 aromatic rings. The third kappa shape index (κ3) is 3.39. The van der Waals surface area contributed by atoms with Crippen molar-refractivity contribution < 1.29 is 19.4 Å². The lowest BCUT2D eigenvalue weighted by Crippen LogP contribution is -1.99. The topological polar surface area (TPSA) is 79.5 Å². The number of carboxylic acids is 1. The van der Waals surface area contributed by atoms with E-state index in [0.717, 1.165) is 5.56 Å². The molecule has 0 aromatic heterocycles. The van der Waals surface area contributed by atoms with E-state index in [1.54, 1.807) is 12.1 Å². The van der Waals surface area contributed by atoms with E-state index in [0.29, 0.717) is 29.9 Å². The van der Waals surface area contributed by atoms with Crippen LogP contribution in [0.3, 0.4) is 0 Å². The van der Waals surface area contributed by atoms with Crippen molar-refractivity contribution in [2.45, 2.75) is 19.3 Å². The Balaban J connectivity index is 2.94. The fourth-order valence-corrected chi connectivity index (χ4v) is 1.69. The molecule has 96 valence electrons. The van der Waals surface area contributed by atoms with Crippen LogP contribution in [-0.4, -0.2) is 25.3 Å². The van der Waals surface area contributed by atoms with Crippen molar-refractivity contribution in [1.82, 2.24) is 0 Å². The SMILES string of the molecule is COc1cc(CCCC(=O)O)cc(C#N)c1OC. The highest BCUT2D eigenvalue weighted by Gasteiger charge is 2.12. The molecule has 1 aromatic carbocycles. The van der Waals surface area contributed by atoms with Gasteiger partial charge in [-0.3, -0.25) is 4.79 Å². The first-order chi connectivity index (χ1) is 8.62. The van der Waals surface area contributed by atoms with Crippen molar-refractivity contribution in [3.63, 3.8) is 0 Å². The zero-order valence-corrected chi connectivity index (χ0v) is 10.4. The van der Waals surface area contributed by atoms with Crippen LogP contribution < -0.4 is 9.47 Å². The Morgan fingerprint density at radius 1 is 1.39 bits per heavy atom. The monoisotopic (exact) mass is 249 g/mol. The van der Waals surface area contributed by atoms with Gasteiger partial charge in [-0.25, -0.2) is 0 Å². The summed E-state index contributed by atoms with van der Waals surface area (Å²) >= 11 is 0. The summed E-state index contributed by atoms with van der Waals surface area (Å²) < 4.78 is 10.3. The summed E-state index contributed by atoms with van der Waals surface area (Å²) in [5.41, 5.74) is 1.26. The van der Waals surface area contributed by atoms with Gasteiger partial charge in [0.15, 0.2) is 11.5 Å².